The van der Waals surface area contributed by atoms with Crippen molar-refractivity contribution in [1.29, 1.82) is 0 Å². The summed E-state index contributed by atoms with van der Waals surface area (Å²) in [6.45, 7) is 0. The number of benzene rings is 1. The first kappa shape index (κ1) is 18.2. The second-order valence-corrected chi connectivity index (χ2v) is 7.41. The molecule has 0 aliphatic heterocycles. The molecule has 6 rings (SSSR count). The third-order valence-electron chi connectivity index (χ3n) is 5.35. The maximum atomic E-state index is 13.9. The minimum absolute atomic E-state index is 0.133. The van der Waals surface area contributed by atoms with Crippen LogP contribution < -0.4 is 0 Å². The predicted octanol–water partition coefficient (Wildman–Crippen LogP) is 5.07. The summed E-state index contributed by atoms with van der Waals surface area (Å²) >= 11 is 0. The topological polar surface area (TPSA) is 103 Å². The van der Waals surface area contributed by atoms with Crippen LogP contribution in [0.1, 0.15) is 0 Å². The number of aromatic nitrogens is 6. The number of aromatic hydroxyl groups is 1. The molecule has 0 amide bonds. The highest BCUT2D eigenvalue weighted by Crippen LogP contribution is 2.34. The van der Waals surface area contributed by atoms with Gasteiger partial charge in [0.15, 0.2) is 0 Å². The normalized spacial score (nSPS) is 11.4. The number of phenolic OH excluding ortho intramolecular Hbond substituents is 1. The van der Waals surface area contributed by atoms with Gasteiger partial charge in [-0.15, -0.1) is 0 Å². The highest BCUT2D eigenvalue weighted by molar-refractivity contribution is 5.99. The van der Waals surface area contributed by atoms with Gasteiger partial charge in [0.2, 0.25) is 0 Å². The number of nitrogens with one attached hydrogen (secondary N) is 2. The van der Waals surface area contributed by atoms with E-state index in [1.54, 1.807) is 24.7 Å². The van der Waals surface area contributed by atoms with Crippen molar-refractivity contribution >= 4 is 22.1 Å². The van der Waals surface area contributed by atoms with E-state index in [4.69, 9.17) is 4.98 Å². The SMILES string of the molecule is Oc1cc(F)cc(-c2ccnc3[nH]c(-c4n[nH]c5ccc(-c6cccnc6)nc45)cc23)c1. The van der Waals surface area contributed by atoms with Crippen molar-refractivity contribution in [2.24, 2.45) is 0 Å². The number of pyridine rings is 3. The van der Waals surface area contributed by atoms with Gasteiger partial charge in [-0.05, 0) is 59.7 Å². The number of fused-ring (bicyclic) bond motifs is 2. The summed E-state index contributed by atoms with van der Waals surface area (Å²) in [6.07, 6.45) is 5.13. The molecule has 0 aliphatic carbocycles. The van der Waals surface area contributed by atoms with Gasteiger partial charge in [0.05, 0.1) is 16.9 Å². The van der Waals surface area contributed by atoms with E-state index in [1.807, 2.05) is 30.3 Å². The molecule has 32 heavy (non-hydrogen) atoms. The Balaban J connectivity index is 1.52. The molecule has 0 spiro atoms. The molecular weight excluding hydrogens is 407 g/mol. The number of halogens is 1. The summed E-state index contributed by atoms with van der Waals surface area (Å²) in [7, 11) is 0. The summed E-state index contributed by atoms with van der Waals surface area (Å²) in [5.41, 5.74) is 6.52. The van der Waals surface area contributed by atoms with E-state index in [2.05, 4.69) is 25.1 Å². The zero-order valence-electron chi connectivity index (χ0n) is 16.5. The summed E-state index contributed by atoms with van der Waals surface area (Å²) in [6, 6.07) is 15.4. The molecule has 154 valence electrons. The predicted molar refractivity (Wildman–Crippen MR) is 119 cm³/mol. The van der Waals surface area contributed by atoms with E-state index in [0.717, 1.165) is 39.5 Å². The van der Waals surface area contributed by atoms with Crippen molar-refractivity contribution < 1.29 is 9.50 Å². The van der Waals surface area contributed by atoms with Crippen molar-refractivity contribution in [3.05, 3.63) is 79.0 Å². The van der Waals surface area contributed by atoms with Crippen molar-refractivity contribution in [3.63, 3.8) is 0 Å². The number of rotatable bonds is 3. The Hall–Kier alpha value is -4.59. The number of hydrogen-bond acceptors (Lipinski definition) is 5. The number of phenols is 1. The molecule has 8 heteroatoms. The standard InChI is InChI=1S/C24H15FN6O/c25-15-8-14(9-16(32)10-15)17-5-7-27-24-18(17)11-21(29-24)23-22-20(30-31-23)4-3-19(28-22)13-2-1-6-26-12-13/h1-12,32H,(H,27,29)(H,30,31). The van der Waals surface area contributed by atoms with Crippen LogP contribution in [0.5, 0.6) is 5.75 Å². The van der Waals surface area contributed by atoms with Crippen molar-refractivity contribution in [2.45, 2.75) is 0 Å². The third-order valence-corrected chi connectivity index (χ3v) is 5.35. The van der Waals surface area contributed by atoms with Gasteiger partial charge in [0.25, 0.3) is 0 Å². The first-order valence-electron chi connectivity index (χ1n) is 9.89. The van der Waals surface area contributed by atoms with Gasteiger partial charge in [0.1, 0.15) is 28.4 Å². The smallest absolute Gasteiger partial charge is 0.138 e. The van der Waals surface area contributed by atoms with Crippen molar-refractivity contribution in [2.75, 3.05) is 0 Å². The zero-order chi connectivity index (χ0) is 21.7. The molecule has 0 saturated heterocycles. The van der Waals surface area contributed by atoms with Crippen molar-refractivity contribution in [3.8, 4) is 39.5 Å². The summed E-state index contributed by atoms with van der Waals surface area (Å²) < 4.78 is 13.9. The highest BCUT2D eigenvalue weighted by Gasteiger charge is 2.16. The molecule has 7 nitrogen and oxygen atoms in total. The average molecular weight is 422 g/mol. The minimum Gasteiger partial charge on any atom is -0.508 e. The first-order valence-corrected chi connectivity index (χ1v) is 9.89. The number of hydrogen-bond donors (Lipinski definition) is 3. The van der Waals surface area contributed by atoms with Crippen LogP contribution >= 0.6 is 0 Å². The molecule has 1 aromatic carbocycles. The molecular formula is C24H15FN6O. The lowest BCUT2D eigenvalue weighted by atomic mass is 10.0. The van der Waals surface area contributed by atoms with Gasteiger partial charge in [-0.1, -0.05) is 0 Å². The van der Waals surface area contributed by atoms with Gasteiger partial charge in [-0.25, -0.2) is 14.4 Å². The molecule has 5 aromatic heterocycles. The second-order valence-electron chi connectivity index (χ2n) is 7.41. The molecule has 0 bridgehead atoms. The Morgan fingerprint density at radius 1 is 0.938 bits per heavy atom. The molecule has 0 fully saturated rings. The fraction of sp³-hybridized carbons (Fsp3) is 0. The van der Waals surface area contributed by atoms with E-state index in [-0.39, 0.29) is 5.75 Å². The molecule has 0 aliphatic rings. The van der Waals surface area contributed by atoms with Gasteiger partial charge < -0.3 is 10.1 Å². The van der Waals surface area contributed by atoms with E-state index >= 15 is 0 Å². The molecule has 0 atom stereocenters. The Kier molecular flexibility index (Phi) is 3.97. The first-order chi connectivity index (χ1) is 15.7. The summed E-state index contributed by atoms with van der Waals surface area (Å²) in [5.74, 6) is -0.641. The fourth-order valence-electron chi connectivity index (χ4n) is 3.90. The van der Waals surface area contributed by atoms with E-state index < -0.39 is 5.82 Å². The maximum absolute atomic E-state index is 13.9. The molecule has 0 radical (unpaired) electrons. The van der Waals surface area contributed by atoms with Crippen LogP contribution in [0.2, 0.25) is 0 Å². The Morgan fingerprint density at radius 2 is 1.88 bits per heavy atom. The molecule has 5 heterocycles. The quantitative estimate of drug-likeness (QED) is 0.369. The van der Waals surface area contributed by atoms with E-state index in [1.165, 1.54) is 12.1 Å². The van der Waals surface area contributed by atoms with Crippen LogP contribution in [-0.2, 0) is 0 Å². The average Bonchev–Trinajstić information content (AvgIpc) is 3.42. The van der Waals surface area contributed by atoms with Crippen LogP contribution in [0.25, 0.3) is 55.8 Å². The summed E-state index contributed by atoms with van der Waals surface area (Å²) in [5, 5.41) is 18.1. The largest absolute Gasteiger partial charge is 0.508 e. The Labute approximate surface area is 180 Å². The third kappa shape index (κ3) is 2.97. The van der Waals surface area contributed by atoms with Crippen LogP contribution in [0, 0.1) is 5.82 Å². The number of aromatic amines is 2. The van der Waals surface area contributed by atoms with E-state index in [9.17, 15) is 9.50 Å². The zero-order valence-corrected chi connectivity index (χ0v) is 16.5. The molecule has 0 saturated carbocycles. The van der Waals surface area contributed by atoms with E-state index in [0.29, 0.717) is 22.4 Å². The lowest BCUT2D eigenvalue weighted by Crippen LogP contribution is -1.86. The lowest BCUT2D eigenvalue weighted by Gasteiger charge is -2.04. The van der Waals surface area contributed by atoms with Crippen LogP contribution in [-0.4, -0.2) is 35.2 Å². The Morgan fingerprint density at radius 3 is 2.72 bits per heavy atom. The van der Waals surface area contributed by atoms with Crippen LogP contribution in [0.4, 0.5) is 4.39 Å². The van der Waals surface area contributed by atoms with Gasteiger partial charge in [-0.3, -0.25) is 10.1 Å². The highest BCUT2D eigenvalue weighted by atomic mass is 19.1. The van der Waals surface area contributed by atoms with Crippen LogP contribution in [0.15, 0.2) is 73.2 Å². The number of nitrogens with zero attached hydrogens (tertiary/aromatic N) is 4. The van der Waals surface area contributed by atoms with Gasteiger partial charge in [0, 0.05) is 35.6 Å². The van der Waals surface area contributed by atoms with Gasteiger partial charge >= 0.3 is 0 Å². The second kappa shape index (κ2) is 6.98. The minimum atomic E-state index is -0.508. The molecule has 0 unspecified atom stereocenters. The molecule has 6 aromatic rings. The Bertz CT molecular complexity index is 1590. The number of H-pyrrole nitrogens is 2. The van der Waals surface area contributed by atoms with Crippen LogP contribution in [0.3, 0.4) is 0 Å². The van der Waals surface area contributed by atoms with Crippen molar-refractivity contribution in [1.82, 2.24) is 30.1 Å². The monoisotopic (exact) mass is 422 g/mol. The lowest BCUT2D eigenvalue weighted by molar-refractivity contribution is 0.469. The summed E-state index contributed by atoms with van der Waals surface area (Å²) in [4.78, 5) is 16.7. The maximum Gasteiger partial charge on any atom is 0.138 e. The van der Waals surface area contributed by atoms with Gasteiger partial charge in [-0.2, -0.15) is 5.10 Å². The molecule has 3 N–H and O–H groups in total. The fourth-order valence-corrected chi connectivity index (χ4v) is 3.90.